The maximum absolute atomic E-state index is 6.05. The molecule has 3 rings (SSSR count). The van der Waals surface area contributed by atoms with Crippen molar-refractivity contribution >= 4 is 22.7 Å². The molecule has 1 heterocycles. The van der Waals surface area contributed by atoms with Crippen LogP contribution >= 0.6 is 0 Å². The molecular weight excluding hydrogens is 248 g/mol. The number of para-hydroxylation sites is 2. The van der Waals surface area contributed by atoms with Crippen LogP contribution in [0.1, 0.15) is 39.0 Å². The topological polar surface area (TPSA) is 63.8 Å². The van der Waals surface area contributed by atoms with Gasteiger partial charge in [0.05, 0.1) is 11.0 Å². The van der Waals surface area contributed by atoms with Crippen molar-refractivity contribution < 1.29 is 0 Å². The standard InChI is InChI=1S/C16H22N4/c1-11-7-3-2-4-8-12(11)19-16-15(17)18-13-9-5-6-10-14(13)20-16/h5-6,9-12H,2-4,7-8H2,1H3,(H2,17,18)(H,19,20). The summed E-state index contributed by atoms with van der Waals surface area (Å²) in [6.45, 7) is 2.31. The zero-order valence-electron chi connectivity index (χ0n) is 12.0. The van der Waals surface area contributed by atoms with Crippen LogP contribution in [0.2, 0.25) is 0 Å². The van der Waals surface area contributed by atoms with E-state index in [2.05, 4.69) is 22.2 Å². The fraction of sp³-hybridized carbons (Fsp3) is 0.500. The van der Waals surface area contributed by atoms with Gasteiger partial charge in [0.15, 0.2) is 11.6 Å². The molecule has 3 N–H and O–H groups in total. The van der Waals surface area contributed by atoms with Crippen molar-refractivity contribution in [3.63, 3.8) is 0 Å². The number of aromatic nitrogens is 2. The molecule has 2 aromatic rings. The van der Waals surface area contributed by atoms with Crippen LogP contribution in [0.3, 0.4) is 0 Å². The second kappa shape index (κ2) is 5.65. The predicted molar refractivity (Wildman–Crippen MR) is 83.6 cm³/mol. The molecule has 4 nitrogen and oxygen atoms in total. The monoisotopic (exact) mass is 270 g/mol. The van der Waals surface area contributed by atoms with Crippen molar-refractivity contribution in [3.05, 3.63) is 24.3 Å². The number of benzene rings is 1. The first-order valence-corrected chi connectivity index (χ1v) is 7.53. The molecule has 4 heteroatoms. The van der Waals surface area contributed by atoms with E-state index in [0.717, 1.165) is 16.9 Å². The Morgan fingerprint density at radius 3 is 2.55 bits per heavy atom. The highest BCUT2D eigenvalue weighted by molar-refractivity contribution is 5.79. The van der Waals surface area contributed by atoms with Crippen LogP contribution in [-0.4, -0.2) is 16.0 Å². The summed E-state index contributed by atoms with van der Waals surface area (Å²) in [4.78, 5) is 9.08. The molecule has 2 atom stereocenters. The first-order valence-electron chi connectivity index (χ1n) is 7.53. The number of nitrogens with two attached hydrogens (primary N) is 1. The quantitative estimate of drug-likeness (QED) is 0.818. The van der Waals surface area contributed by atoms with Gasteiger partial charge >= 0.3 is 0 Å². The number of rotatable bonds is 2. The molecule has 20 heavy (non-hydrogen) atoms. The summed E-state index contributed by atoms with van der Waals surface area (Å²) in [6, 6.07) is 8.30. The number of hydrogen-bond donors (Lipinski definition) is 2. The molecule has 0 spiro atoms. The van der Waals surface area contributed by atoms with Crippen LogP contribution in [0.25, 0.3) is 11.0 Å². The molecule has 0 amide bonds. The number of nitrogens with zero attached hydrogens (tertiary/aromatic N) is 2. The molecule has 106 valence electrons. The van der Waals surface area contributed by atoms with E-state index in [1.807, 2.05) is 24.3 Å². The molecule has 1 fully saturated rings. The van der Waals surface area contributed by atoms with Crippen LogP contribution in [0, 0.1) is 5.92 Å². The number of nitrogen functional groups attached to an aromatic ring is 1. The fourth-order valence-corrected chi connectivity index (χ4v) is 3.00. The van der Waals surface area contributed by atoms with E-state index >= 15 is 0 Å². The highest BCUT2D eigenvalue weighted by atomic mass is 15.1. The van der Waals surface area contributed by atoms with E-state index in [1.54, 1.807) is 0 Å². The third kappa shape index (κ3) is 2.69. The summed E-state index contributed by atoms with van der Waals surface area (Å²) in [5.74, 6) is 1.90. The van der Waals surface area contributed by atoms with Crippen molar-refractivity contribution in [2.45, 2.75) is 45.1 Å². The SMILES string of the molecule is CC1CCCCCC1Nc1nc2ccccc2nc1N. The average molecular weight is 270 g/mol. The van der Waals surface area contributed by atoms with E-state index in [9.17, 15) is 0 Å². The van der Waals surface area contributed by atoms with Crippen molar-refractivity contribution in [1.29, 1.82) is 0 Å². The molecular formula is C16H22N4. The maximum atomic E-state index is 6.05. The van der Waals surface area contributed by atoms with Crippen LogP contribution in [0.5, 0.6) is 0 Å². The maximum Gasteiger partial charge on any atom is 0.169 e. The Morgan fingerprint density at radius 2 is 1.75 bits per heavy atom. The van der Waals surface area contributed by atoms with Gasteiger partial charge in [0.25, 0.3) is 0 Å². The van der Waals surface area contributed by atoms with E-state index in [1.165, 1.54) is 32.1 Å². The number of hydrogen-bond acceptors (Lipinski definition) is 4. The lowest BCUT2D eigenvalue weighted by Gasteiger charge is -2.24. The molecule has 1 aromatic heterocycles. The van der Waals surface area contributed by atoms with Crippen molar-refractivity contribution in [1.82, 2.24) is 9.97 Å². The summed E-state index contributed by atoms with van der Waals surface area (Å²) in [5, 5.41) is 3.53. The van der Waals surface area contributed by atoms with Gasteiger partial charge in [-0.15, -0.1) is 0 Å². The van der Waals surface area contributed by atoms with Gasteiger partial charge < -0.3 is 11.1 Å². The van der Waals surface area contributed by atoms with E-state index in [-0.39, 0.29) is 0 Å². The molecule has 1 aromatic carbocycles. The lowest BCUT2D eigenvalue weighted by Crippen LogP contribution is -2.27. The average Bonchev–Trinajstić information content (AvgIpc) is 2.65. The van der Waals surface area contributed by atoms with Crippen LogP contribution < -0.4 is 11.1 Å². The first-order chi connectivity index (χ1) is 9.74. The first kappa shape index (κ1) is 13.2. The number of fused-ring (bicyclic) bond motifs is 1. The third-order valence-corrected chi connectivity index (χ3v) is 4.28. The third-order valence-electron chi connectivity index (χ3n) is 4.28. The molecule has 1 aliphatic rings. The Morgan fingerprint density at radius 1 is 1.05 bits per heavy atom. The summed E-state index contributed by atoms with van der Waals surface area (Å²) >= 11 is 0. The molecule has 0 bridgehead atoms. The molecule has 0 aliphatic heterocycles. The van der Waals surface area contributed by atoms with E-state index < -0.39 is 0 Å². The molecule has 1 aliphatic carbocycles. The van der Waals surface area contributed by atoms with Gasteiger partial charge in [-0.1, -0.05) is 38.3 Å². The Kier molecular flexibility index (Phi) is 3.72. The zero-order chi connectivity index (χ0) is 13.9. The molecule has 2 unspecified atom stereocenters. The second-order valence-corrected chi connectivity index (χ2v) is 5.81. The smallest absolute Gasteiger partial charge is 0.169 e. The Balaban J connectivity index is 1.87. The van der Waals surface area contributed by atoms with Crippen molar-refractivity contribution in [2.75, 3.05) is 11.1 Å². The van der Waals surface area contributed by atoms with Gasteiger partial charge in [0.1, 0.15) is 0 Å². The largest absolute Gasteiger partial charge is 0.381 e. The van der Waals surface area contributed by atoms with Crippen LogP contribution in [0.4, 0.5) is 11.6 Å². The van der Waals surface area contributed by atoms with Crippen molar-refractivity contribution in [3.8, 4) is 0 Å². The van der Waals surface area contributed by atoms with Crippen LogP contribution in [0.15, 0.2) is 24.3 Å². The van der Waals surface area contributed by atoms with Gasteiger partial charge in [-0.05, 0) is 30.9 Å². The lowest BCUT2D eigenvalue weighted by molar-refractivity contribution is 0.456. The molecule has 0 radical (unpaired) electrons. The van der Waals surface area contributed by atoms with Gasteiger partial charge in [-0.25, -0.2) is 9.97 Å². The van der Waals surface area contributed by atoms with E-state index in [4.69, 9.17) is 5.73 Å². The van der Waals surface area contributed by atoms with Gasteiger partial charge in [-0.2, -0.15) is 0 Å². The number of nitrogens with one attached hydrogen (secondary N) is 1. The summed E-state index contributed by atoms with van der Waals surface area (Å²) in [7, 11) is 0. The Labute approximate surface area is 119 Å². The normalized spacial score (nSPS) is 23.4. The minimum Gasteiger partial charge on any atom is -0.381 e. The molecule has 1 saturated carbocycles. The summed E-state index contributed by atoms with van der Waals surface area (Å²) in [6.07, 6.45) is 6.41. The van der Waals surface area contributed by atoms with Crippen molar-refractivity contribution in [2.24, 2.45) is 5.92 Å². The number of anilines is 2. The van der Waals surface area contributed by atoms with E-state index in [0.29, 0.717) is 17.8 Å². The minimum absolute atomic E-state index is 0.454. The highest BCUT2D eigenvalue weighted by Crippen LogP contribution is 2.27. The van der Waals surface area contributed by atoms with Gasteiger partial charge in [0.2, 0.25) is 0 Å². The summed E-state index contributed by atoms with van der Waals surface area (Å²) < 4.78 is 0. The predicted octanol–water partition coefficient (Wildman–Crippen LogP) is 3.59. The summed E-state index contributed by atoms with van der Waals surface area (Å²) in [5.41, 5.74) is 7.80. The lowest BCUT2D eigenvalue weighted by atomic mass is 9.97. The zero-order valence-corrected chi connectivity index (χ0v) is 12.0. The fourth-order valence-electron chi connectivity index (χ4n) is 3.00. The minimum atomic E-state index is 0.454. The highest BCUT2D eigenvalue weighted by Gasteiger charge is 2.21. The van der Waals surface area contributed by atoms with Gasteiger partial charge in [0, 0.05) is 6.04 Å². The van der Waals surface area contributed by atoms with Crippen LogP contribution in [-0.2, 0) is 0 Å². The Bertz CT molecular complexity index is 596. The second-order valence-electron chi connectivity index (χ2n) is 5.81. The van der Waals surface area contributed by atoms with Gasteiger partial charge in [-0.3, -0.25) is 0 Å². The molecule has 0 saturated heterocycles. The Hall–Kier alpha value is -1.84.